The number of nitrogens with one attached hydrogen (secondary N) is 1. The van der Waals surface area contributed by atoms with E-state index in [1.54, 1.807) is 0 Å². The quantitative estimate of drug-likeness (QED) is 0.460. The standard InChI is InChI=1S/C23H29N5O4S/c1-17(20-8-4-6-19-5-2-3-7-21(19)20)27-11-9-18(10-12-27)14-28(33(30)31)15-22(29)24-13-23-26-25-16-32-23/h2-8,16-18,33H,9-15H2,1H3,(H,24,29). The smallest absolute Gasteiger partial charge is 0.235 e. The van der Waals surface area contributed by atoms with Crippen molar-refractivity contribution in [3.8, 4) is 0 Å². The Kier molecular flexibility index (Phi) is 7.69. The molecule has 0 radical (unpaired) electrons. The first-order chi connectivity index (χ1) is 16.0. The number of hydrogen-bond donors (Lipinski definition) is 2. The second-order valence-corrected chi connectivity index (χ2v) is 9.46. The van der Waals surface area contributed by atoms with Crippen molar-refractivity contribution in [3.05, 3.63) is 60.3 Å². The second-order valence-electron chi connectivity index (χ2n) is 8.42. The van der Waals surface area contributed by atoms with Gasteiger partial charge < -0.3 is 9.73 Å². The van der Waals surface area contributed by atoms with Gasteiger partial charge in [-0.05, 0) is 55.1 Å². The molecule has 10 heteroatoms. The fraction of sp³-hybridized carbons (Fsp3) is 0.435. The highest BCUT2D eigenvalue weighted by atomic mass is 32.2. The first kappa shape index (κ1) is 23.3. The summed E-state index contributed by atoms with van der Waals surface area (Å²) in [4.78, 5) is 14.6. The Morgan fingerprint density at radius 2 is 1.97 bits per heavy atom. The molecule has 0 saturated carbocycles. The number of carbonyl (C=O) groups excluding carboxylic acids is 1. The number of aromatic nitrogens is 2. The molecule has 1 aromatic heterocycles. The van der Waals surface area contributed by atoms with Crippen LogP contribution in [0, 0.1) is 5.92 Å². The van der Waals surface area contributed by atoms with Gasteiger partial charge in [0.05, 0.1) is 13.1 Å². The predicted octanol–water partition coefficient (Wildman–Crippen LogP) is 2.14. The molecule has 0 bridgehead atoms. The van der Waals surface area contributed by atoms with E-state index in [0.29, 0.717) is 6.54 Å². The highest BCUT2D eigenvalue weighted by Crippen LogP contribution is 2.31. The van der Waals surface area contributed by atoms with Gasteiger partial charge in [0, 0.05) is 12.6 Å². The minimum absolute atomic E-state index is 0.0761. The van der Waals surface area contributed by atoms with E-state index < -0.39 is 16.8 Å². The van der Waals surface area contributed by atoms with Gasteiger partial charge >= 0.3 is 0 Å². The van der Waals surface area contributed by atoms with Crippen LogP contribution in [0.2, 0.25) is 0 Å². The first-order valence-corrected chi connectivity index (χ1v) is 12.3. The number of nitrogens with zero attached hydrogens (tertiary/aromatic N) is 4. The van der Waals surface area contributed by atoms with E-state index in [-0.39, 0.29) is 30.9 Å². The average Bonchev–Trinajstić information content (AvgIpc) is 3.36. The summed E-state index contributed by atoms with van der Waals surface area (Å²) in [5, 5.41) is 12.4. The van der Waals surface area contributed by atoms with Crippen LogP contribution < -0.4 is 5.32 Å². The van der Waals surface area contributed by atoms with Crippen LogP contribution in [0.25, 0.3) is 10.8 Å². The van der Waals surface area contributed by atoms with Gasteiger partial charge in [-0.1, -0.05) is 42.5 Å². The van der Waals surface area contributed by atoms with Crippen molar-refractivity contribution in [2.75, 3.05) is 26.2 Å². The molecule has 1 amide bonds. The molecule has 2 aromatic carbocycles. The molecule has 1 atom stereocenters. The summed E-state index contributed by atoms with van der Waals surface area (Å²) in [5.41, 5.74) is 1.31. The normalized spacial score (nSPS) is 16.5. The van der Waals surface area contributed by atoms with Crippen molar-refractivity contribution < 1.29 is 17.6 Å². The van der Waals surface area contributed by atoms with Crippen LogP contribution >= 0.6 is 0 Å². The van der Waals surface area contributed by atoms with Crippen LogP contribution in [-0.4, -0.2) is 59.9 Å². The molecule has 1 aliphatic heterocycles. The van der Waals surface area contributed by atoms with Gasteiger partial charge in [-0.25, -0.2) is 8.42 Å². The number of piperidine rings is 1. The van der Waals surface area contributed by atoms with Gasteiger partial charge in [0.1, 0.15) is 0 Å². The molecule has 1 N–H and O–H groups in total. The minimum Gasteiger partial charge on any atom is -0.426 e. The third-order valence-corrected chi connectivity index (χ3v) is 7.10. The summed E-state index contributed by atoms with van der Waals surface area (Å²) in [7, 11) is -2.85. The van der Waals surface area contributed by atoms with Gasteiger partial charge in [-0.3, -0.25) is 9.69 Å². The summed E-state index contributed by atoms with van der Waals surface area (Å²) < 4.78 is 29.7. The van der Waals surface area contributed by atoms with Gasteiger partial charge in [-0.2, -0.15) is 4.31 Å². The van der Waals surface area contributed by atoms with Crippen molar-refractivity contribution >= 4 is 27.6 Å². The largest absolute Gasteiger partial charge is 0.426 e. The molecule has 0 aliphatic carbocycles. The van der Waals surface area contributed by atoms with Gasteiger partial charge in [0.2, 0.25) is 29.1 Å². The van der Waals surface area contributed by atoms with E-state index >= 15 is 0 Å². The topological polar surface area (TPSA) is 109 Å². The van der Waals surface area contributed by atoms with Crippen LogP contribution in [0.3, 0.4) is 0 Å². The highest BCUT2D eigenvalue weighted by molar-refractivity contribution is 7.69. The van der Waals surface area contributed by atoms with Crippen LogP contribution in [0.1, 0.15) is 37.3 Å². The van der Waals surface area contributed by atoms with E-state index in [9.17, 15) is 13.2 Å². The maximum Gasteiger partial charge on any atom is 0.235 e. The van der Waals surface area contributed by atoms with Crippen LogP contribution in [0.4, 0.5) is 0 Å². The average molecular weight is 472 g/mol. The zero-order valence-corrected chi connectivity index (χ0v) is 19.5. The third kappa shape index (κ3) is 5.95. The van der Waals surface area contributed by atoms with Gasteiger partial charge in [0.15, 0.2) is 0 Å². The number of hydrogen-bond acceptors (Lipinski definition) is 7. The molecule has 176 valence electrons. The molecule has 1 aliphatic rings. The van der Waals surface area contributed by atoms with E-state index in [1.807, 2.05) is 0 Å². The summed E-state index contributed by atoms with van der Waals surface area (Å²) >= 11 is 0. The van der Waals surface area contributed by atoms with Crippen LogP contribution in [-0.2, 0) is 22.2 Å². The predicted molar refractivity (Wildman–Crippen MR) is 125 cm³/mol. The zero-order chi connectivity index (χ0) is 23.2. The van der Waals surface area contributed by atoms with Crippen molar-refractivity contribution in [2.24, 2.45) is 5.92 Å². The Labute approximate surface area is 194 Å². The lowest BCUT2D eigenvalue weighted by Gasteiger charge is -2.37. The Morgan fingerprint density at radius 1 is 1.21 bits per heavy atom. The Balaban J connectivity index is 1.30. The molecule has 33 heavy (non-hydrogen) atoms. The molecular formula is C23H29N5O4S. The lowest BCUT2D eigenvalue weighted by atomic mass is 9.93. The highest BCUT2D eigenvalue weighted by Gasteiger charge is 2.27. The maximum atomic E-state index is 12.2. The number of benzene rings is 2. The Hall–Kier alpha value is -2.82. The van der Waals surface area contributed by atoms with Crippen molar-refractivity contribution in [2.45, 2.75) is 32.4 Å². The summed E-state index contributed by atoms with van der Waals surface area (Å²) in [6, 6.07) is 15.1. The SMILES string of the molecule is CC(c1cccc2ccccc12)N1CCC(CN(CC(=O)NCc2nnco2)[SH](=O)=O)CC1. The van der Waals surface area contributed by atoms with Gasteiger partial charge in [0.25, 0.3) is 0 Å². The summed E-state index contributed by atoms with van der Waals surface area (Å²) in [6.45, 7) is 4.23. The first-order valence-electron chi connectivity index (χ1n) is 11.1. The molecule has 4 rings (SSSR count). The van der Waals surface area contributed by atoms with Gasteiger partial charge in [-0.15, -0.1) is 10.2 Å². The number of thiol groups is 1. The minimum atomic E-state index is -2.85. The monoisotopic (exact) mass is 471 g/mol. The molecule has 0 spiro atoms. The molecule has 1 saturated heterocycles. The number of rotatable bonds is 9. The van der Waals surface area contributed by atoms with Crippen molar-refractivity contribution in [1.82, 2.24) is 24.7 Å². The Bertz CT molecular complexity index is 1130. The Morgan fingerprint density at radius 3 is 2.70 bits per heavy atom. The molecule has 1 fully saturated rings. The number of amides is 1. The van der Waals surface area contributed by atoms with E-state index in [0.717, 1.165) is 25.9 Å². The molecule has 9 nitrogen and oxygen atoms in total. The number of carbonyl (C=O) groups is 1. The maximum absolute atomic E-state index is 12.2. The third-order valence-electron chi connectivity index (χ3n) is 6.34. The van der Waals surface area contributed by atoms with Crippen LogP contribution in [0.15, 0.2) is 53.3 Å². The summed E-state index contributed by atoms with van der Waals surface area (Å²) in [6.07, 6.45) is 2.95. The molecule has 2 heterocycles. The molecular weight excluding hydrogens is 442 g/mol. The number of likely N-dealkylation sites (tertiary alicyclic amines) is 1. The van der Waals surface area contributed by atoms with E-state index in [1.165, 1.54) is 27.0 Å². The fourth-order valence-electron chi connectivity index (χ4n) is 4.49. The molecule has 1 unspecified atom stereocenters. The van der Waals surface area contributed by atoms with E-state index in [2.05, 4.69) is 69.8 Å². The fourth-order valence-corrected chi connectivity index (χ4v) is 5.10. The number of fused-ring (bicyclic) bond motifs is 1. The summed E-state index contributed by atoms with van der Waals surface area (Å²) in [5.74, 6) is 0.0983. The van der Waals surface area contributed by atoms with Crippen molar-refractivity contribution in [3.63, 3.8) is 0 Å². The van der Waals surface area contributed by atoms with E-state index in [4.69, 9.17) is 4.42 Å². The zero-order valence-electron chi connectivity index (χ0n) is 18.6. The second kappa shape index (κ2) is 10.9. The van der Waals surface area contributed by atoms with Crippen LogP contribution in [0.5, 0.6) is 0 Å². The lowest BCUT2D eigenvalue weighted by Crippen LogP contribution is -2.42. The molecule has 3 aromatic rings. The lowest BCUT2D eigenvalue weighted by molar-refractivity contribution is -0.121. The van der Waals surface area contributed by atoms with Crippen molar-refractivity contribution in [1.29, 1.82) is 0 Å².